The Labute approximate surface area is 217 Å². The summed E-state index contributed by atoms with van der Waals surface area (Å²) in [5.41, 5.74) is 11.9. The summed E-state index contributed by atoms with van der Waals surface area (Å²) < 4.78 is 1.92. The number of carbonyl (C=O) groups excluding carboxylic acids is 1. The number of benzene rings is 2. The summed E-state index contributed by atoms with van der Waals surface area (Å²) in [6, 6.07) is 18.2. The molecule has 7 nitrogen and oxygen atoms in total. The van der Waals surface area contributed by atoms with Crippen LogP contribution in [-0.2, 0) is 11.2 Å². The quantitative estimate of drug-likeness (QED) is 0.208. The van der Waals surface area contributed by atoms with Crippen LogP contribution < -0.4 is 11.1 Å². The van der Waals surface area contributed by atoms with E-state index in [9.17, 15) is 4.79 Å². The van der Waals surface area contributed by atoms with Crippen LogP contribution in [0.4, 0.5) is 11.6 Å². The lowest BCUT2D eigenvalue weighted by atomic mass is 10.1. The van der Waals surface area contributed by atoms with Crippen LogP contribution in [0.2, 0.25) is 0 Å². The Kier molecular flexibility index (Phi) is 8.26. The molecule has 0 radical (unpaired) electrons. The van der Waals surface area contributed by atoms with E-state index in [1.807, 2.05) is 78.7 Å². The van der Waals surface area contributed by atoms with Crippen molar-refractivity contribution in [3.63, 3.8) is 0 Å². The number of allylic oxidation sites excluding steroid dienone is 1. The molecule has 4 rings (SSSR count). The number of nitrogens with one attached hydrogen (secondary N) is 1. The van der Waals surface area contributed by atoms with Gasteiger partial charge in [0.2, 0.25) is 11.9 Å². The fourth-order valence-corrected chi connectivity index (χ4v) is 3.81. The summed E-state index contributed by atoms with van der Waals surface area (Å²) in [6.07, 6.45) is 12.9. The van der Waals surface area contributed by atoms with Gasteiger partial charge in [0.15, 0.2) is 0 Å². The highest BCUT2D eigenvalue weighted by Crippen LogP contribution is 2.24. The van der Waals surface area contributed by atoms with Crippen LogP contribution in [0, 0.1) is 6.92 Å². The van der Waals surface area contributed by atoms with Crippen LogP contribution in [0.15, 0.2) is 90.9 Å². The molecule has 188 valence electrons. The van der Waals surface area contributed by atoms with Crippen LogP contribution in [0.25, 0.3) is 17.3 Å². The van der Waals surface area contributed by atoms with Gasteiger partial charge in [-0.15, -0.1) is 0 Å². The fraction of sp³-hybridized carbons (Fsp3) is 0.200. The first-order valence-corrected chi connectivity index (χ1v) is 12.4. The fourth-order valence-electron chi connectivity index (χ4n) is 3.81. The first-order valence-electron chi connectivity index (χ1n) is 12.4. The molecule has 0 bridgehead atoms. The van der Waals surface area contributed by atoms with E-state index in [2.05, 4.69) is 41.4 Å². The van der Waals surface area contributed by atoms with E-state index in [1.165, 1.54) is 5.56 Å². The predicted molar refractivity (Wildman–Crippen MR) is 149 cm³/mol. The number of hydrogen-bond acceptors (Lipinski definition) is 5. The Bertz CT molecular complexity index is 1400. The van der Waals surface area contributed by atoms with Crippen LogP contribution in [0.1, 0.15) is 43.0 Å². The minimum atomic E-state index is -0.439. The van der Waals surface area contributed by atoms with E-state index in [4.69, 9.17) is 10.7 Å². The average Bonchev–Trinajstić information content (AvgIpc) is 3.39. The normalized spacial score (nSPS) is 11.8. The van der Waals surface area contributed by atoms with Crippen LogP contribution >= 0.6 is 0 Å². The molecule has 0 aliphatic heterocycles. The number of aromatic nitrogens is 4. The molecule has 0 atom stereocenters. The zero-order valence-corrected chi connectivity index (χ0v) is 21.4. The topological polar surface area (TPSA) is 98.7 Å². The summed E-state index contributed by atoms with van der Waals surface area (Å²) in [5, 5.41) is 7.72. The van der Waals surface area contributed by atoms with Gasteiger partial charge in [0.1, 0.15) is 0 Å². The molecule has 0 aliphatic rings. The molecule has 2 aromatic heterocycles. The van der Waals surface area contributed by atoms with E-state index in [-0.39, 0.29) is 0 Å². The van der Waals surface area contributed by atoms with Gasteiger partial charge in [-0.1, -0.05) is 54.6 Å². The van der Waals surface area contributed by atoms with Crippen molar-refractivity contribution in [2.75, 3.05) is 5.32 Å². The Hall–Kier alpha value is -4.52. The smallest absolute Gasteiger partial charge is 0.248 e. The molecule has 1 amide bonds. The SMILES string of the molecule is Cc1cnc(Nc2ccc(CCC=CC(=Cc3ccccc3)C(N)=O)cc2)nc1-c1cnn(C(C)C)c1. The summed E-state index contributed by atoms with van der Waals surface area (Å²) in [7, 11) is 0. The molecule has 2 heterocycles. The number of nitrogens with two attached hydrogens (primary N) is 1. The van der Waals surface area contributed by atoms with Gasteiger partial charge in [-0.05, 0) is 68.5 Å². The van der Waals surface area contributed by atoms with E-state index in [0.29, 0.717) is 17.6 Å². The molecule has 0 unspecified atom stereocenters. The van der Waals surface area contributed by atoms with Crippen molar-refractivity contribution in [1.29, 1.82) is 0 Å². The Morgan fingerprint density at radius 2 is 1.84 bits per heavy atom. The van der Waals surface area contributed by atoms with Gasteiger partial charge in [-0.3, -0.25) is 9.48 Å². The number of carbonyl (C=O) groups is 1. The maximum atomic E-state index is 11.8. The summed E-state index contributed by atoms with van der Waals surface area (Å²) in [5.74, 6) is 0.100. The van der Waals surface area contributed by atoms with E-state index < -0.39 is 5.91 Å². The van der Waals surface area contributed by atoms with Crippen molar-refractivity contribution in [2.45, 2.75) is 39.7 Å². The van der Waals surface area contributed by atoms with E-state index in [1.54, 1.807) is 12.2 Å². The number of nitrogens with zero attached hydrogens (tertiary/aromatic N) is 4. The number of aryl methyl sites for hydroxylation is 2. The standard InChI is InChI=1S/C30H32N6O/c1-21(2)36-20-26(19-33-36)28-22(3)18-32-30(35-28)34-27-15-13-23(14-16-27)9-7-8-12-25(29(31)37)17-24-10-5-4-6-11-24/h4-6,8,10-21H,7,9H2,1-3H3,(H2,31,37)(H,32,34,35). The first-order chi connectivity index (χ1) is 17.9. The summed E-state index contributed by atoms with van der Waals surface area (Å²) in [6.45, 7) is 6.19. The third kappa shape index (κ3) is 7.01. The van der Waals surface area contributed by atoms with Gasteiger partial charge < -0.3 is 11.1 Å². The number of anilines is 2. The van der Waals surface area contributed by atoms with Gasteiger partial charge >= 0.3 is 0 Å². The molecule has 7 heteroatoms. The summed E-state index contributed by atoms with van der Waals surface area (Å²) in [4.78, 5) is 21.0. The van der Waals surface area contributed by atoms with Crippen LogP contribution in [-0.4, -0.2) is 25.7 Å². The maximum Gasteiger partial charge on any atom is 0.248 e. The van der Waals surface area contributed by atoms with Crippen molar-refractivity contribution in [3.05, 3.63) is 108 Å². The highest BCUT2D eigenvalue weighted by Gasteiger charge is 2.10. The van der Waals surface area contributed by atoms with E-state index in [0.717, 1.165) is 40.9 Å². The second kappa shape index (κ2) is 11.9. The minimum Gasteiger partial charge on any atom is -0.366 e. The number of primary amides is 1. The molecule has 3 N–H and O–H groups in total. The van der Waals surface area contributed by atoms with Crippen molar-refractivity contribution < 1.29 is 4.79 Å². The highest BCUT2D eigenvalue weighted by molar-refractivity contribution is 5.99. The third-order valence-corrected chi connectivity index (χ3v) is 5.89. The van der Waals surface area contributed by atoms with E-state index >= 15 is 0 Å². The van der Waals surface area contributed by atoms with Gasteiger partial charge in [-0.2, -0.15) is 5.10 Å². The van der Waals surface area contributed by atoms with Gasteiger partial charge in [0.25, 0.3) is 0 Å². The maximum absolute atomic E-state index is 11.8. The lowest BCUT2D eigenvalue weighted by molar-refractivity contribution is -0.114. The molecule has 37 heavy (non-hydrogen) atoms. The van der Waals surface area contributed by atoms with Gasteiger partial charge in [-0.25, -0.2) is 9.97 Å². The molecule has 0 spiro atoms. The second-order valence-electron chi connectivity index (χ2n) is 9.17. The average molecular weight is 493 g/mol. The Balaban J connectivity index is 1.36. The number of amides is 1. The molecular weight excluding hydrogens is 460 g/mol. The van der Waals surface area contributed by atoms with Crippen molar-refractivity contribution in [1.82, 2.24) is 19.7 Å². The zero-order valence-electron chi connectivity index (χ0n) is 21.4. The van der Waals surface area contributed by atoms with Gasteiger partial charge in [0, 0.05) is 35.3 Å². The first kappa shape index (κ1) is 25.6. The molecule has 0 saturated carbocycles. The largest absolute Gasteiger partial charge is 0.366 e. The number of hydrogen-bond donors (Lipinski definition) is 2. The minimum absolute atomic E-state index is 0.290. The zero-order chi connectivity index (χ0) is 26.2. The van der Waals surface area contributed by atoms with Crippen LogP contribution in [0.3, 0.4) is 0 Å². The second-order valence-corrected chi connectivity index (χ2v) is 9.17. The molecule has 0 aliphatic carbocycles. The number of rotatable bonds is 10. The Morgan fingerprint density at radius 1 is 1.08 bits per heavy atom. The van der Waals surface area contributed by atoms with Crippen LogP contribution in [0.5, 0.6) is 0 Å². The predicted octanol–water partition coefficient (Wildman–Crippen LogP) is 6.03. The molecule has 4 aromatic rings. The molecule has 0 saturated heterocycles. The highest BCUT2D eigenvalue weighted by atomic mass is 16.1. The van der Waals surface area contributed by atoms with Gasteiger partial charge in [0.05, 0.1) is 11.9 Å². The third-order valence-electron chi connectivity index (χ3n) is 5.89. The van der Waals surface area contributed by atoms with Crippen molar-refractivity contribution in [3.8, 4) is 11.3 Å². The lowest BCUT2D eigenvalue weighted by Crippen LogP contribution is -2.12. The molecule has 0 fully saturated rings. The molecule has 2 aromatic carbocycles. The Morgan fingerprint density at radius 3 is 2.51 bits per heavy atom. The molecular formula is C30H32N6O. The lowest BCUT2D eigenvalue weighted by Gasteiger charge is -2.09. The van der Waals surface area contributed by atoms with Crippen molar-refractivity contribution >= 4 is 23.6 Å². The monoisotopic (exact) mass is 492 g/mol. The summed E-state index contributed by atoms with van der Waals surface area (Å²) >= 11 is 0. The van der Waals surface area contributed by atoms with Crippen molar-refractivity contribution in [2.24, 2.45) is 5.73 Å².